The highest BCUT2D eigenvalue weighted by Crippen LogP contribution is 2.35. The van der Waals surface area contributed by atoms with Crippen LogP contribution in [0.4, 0.5) is 5.69 Å². The van der Waals surface area contributed by atoms with Gasteiger partial charge in [-0.25, -0.2) is 0 Å². The molecule has 7 heteroatoms. The normalized spacial score (nSPS) is 16.8. The molecule has 0 aliphatic carbocycles. The number of aryl methyl sites for hydroxylation is 1. The maximum Gasteiger partial charge on any atom is 0.301 e. The van der Waals surface area contributed by atoms with E-state index in [4.69, 9.17) is 5.11 Å². The van der Waals surface area contributed by atoms with Crippen LogP contribution < -0.4 is 9.03 Å². The summed E-state index contributed by atoms with van der Waals surface area (Å²) in [6, 6.07) is 9.33. The van der Waals surface area contributed by atoms with E-state index in [1.807, 2.05) is 18.2 Å². The minimum Gasteiger partial charge on any atom is -0.506 e. The van der Waals surface area contributed by atoms with Crippen LogP contribution in [0.2, 0.25) is 0 Å². The van der Waals surface area contributed by atoms with Crippen molar-refractivity contribution in [3.05, 3.63) is 35.9 Å². The Balaban J connectivity index is 1.90. The predicted molar refractivity (Wildman–Crippen MR) is 94.5 cm³/mol. The third-order valence-corrected chi connectivity index (χ3v) is 5.81. The highest BCUT2D eigenvalue weighted by molar-refractivity contribution is 7.91. The molecule has 0 amide bonds. The molecule has 2 aromatic carbocycles. The molecule has 3 rings (SSSR count). The Kier molecular flexibility index (Phi) is 4.93. The van der Waals surface area contributed by atoms with Gasteiger partial charge in [0.2, 0.25) is 0 Å². The van der Waals surface area contributed by atoms with Crippen molar-refractivity contribution in [1.82, 2.24) is 4.72 Å². The summed E-state index contributed by atoms with van der Waals surface area (Å²) in [5.74, 6) is -0.0366. The van der Waals surface area contributed by atoms with E-state index in [-0.39, 0.29) is 12.4 Å². The van der Waals surface area contributed by atoms with Crippen molar-refractivity contribution >= 4 is 26.7 Å². The minimum absolute atomic E-state index is 0.0366. The average molecular weight is 350 g/mol. The van der Waals surface area contributed by atoms with Gasteiger partial charge in [-0.15, -0.1) is 0 Å². The zero-order valence-corrected chi connectivity index (χ0v) is 14.2. The second kappa shape index (κ2) is 6.96. The topological polar surface area (TPSA) is 89.9 Å². The van der Waals surface area contributed by atoms with Gasteiger partial charge in [-0.3, -0.25) is 4.31 Å². The number of fused-ring (bicyclic) bond motifs is 1. The van der Waals surface area contributed by atoms with Gasteiger partial charge >= 0.3 is 10.2 Å². The summed E-state index contributed by atoms with van der Waals surface area (Å²) in [6.45, 7) is 0.867. The molecule has 0 aromatic heterocycles. The molecular formula is C17H22N2O4S. The highest BCUT2D eigenvalue weighted by Gasteiger charge is 2.29. The molecule has 2 aromatic rings. The van der Waals surface area contributed by atoms with Crippen LogP contribution in [-0.4, -0.2) is 38.3 Å². The van der Waals surface area contributed by atoms with Crippen molar-refractivity contribution in [1.29, 1.82) is 0 Å². The van der Waals surface area contributed by atoms with Crippen LogP contribution in [0.15, 0.2) is 30.3 Å². The summed E-state index contributed by atoms with van der Waals surface area (Å²) in [5, 5.41) is 20.8. The Morgan fingerprint density at radius 3 is 2.62 bits per heavy atom. The number of aliphatic hydroxyl groups excluding tert-OH is 1. The number of nitrogens with zero attached hydrogens (tertiary/aromatic N) is 1. The Bertz CT molecular complexity index is 836. The number of rotatable bonds is 6. The molecule has 0 spiro atoms. The zero-order chi connectivity index (χ0) is 17.2. The van der Waals surface area contributed by atoms with Crippen molar-refractivity contribution in [3.63, 3.8) is 0 Å². The lowest BCUT2D eigenvalue weighted by molar-refractivity contribution is 0.283. The standard InChI is InChI=1S/C17H22N2O4S/c20-9-3-1-2-4-13-5-6-14-12-17(21)16(11-15(14)10-13)19-8-7-18-24(19,22)23/h5-6,10-12,18,20-21H,1-4,7-9H2. The number of unbranched alkanes of at least 4 members (excludes halogenated alkanes) is 2. The van der Waals surface area contributed by atoms with Crippen molar-refractivity contribution in [2.45, 2.75) is 25.7 Å². The first-order chi connectivity index (χ1) is 11.5. The van der Waals surface area contributed by atoms with Crippen LogP contribution in [-0.2, 0) is 16.6 Å². The monoisotopic (exact) mass is 350 g/mol. The summed E-state index contributed by atoms with van der Waals surface area (Å²) in [5.41, 5.74) is 1.48. The van der Waals surface area contributed by atoms with Gasteiger partial charge in [0, 0.05) is 19.7 Å². The molecule has 0 unspecified atom stereocenters. The maximum absolute atomic E-state index is 12.0. The van der Waals surface area contributed by atoms with Gasteiger partial charge in [0.25, 0.3) is 0 Å². The Hall–Kier alpha value is -1.83. The number of nitrogens with one attached hydrogen (secondary N) is 1. The first kappa shape index (κ1) is 17.0. The van der Waals surface area contributed by atoms with Gasteiger partial charge in [0.1, 0.15) is 5.75 Å². The zero-order valence-electron chi connectivity index (χ0n) is 13.4. The van der Waals surface area contributed by atoms with Crippen LogP contribution in [0, 0.1) is 0 Å². The molecular weight excluding hydrogens is 328 g/mol. The fourth-order valence-electron chi connectivity index (χ4n) is 3.02. The molecule has 1 aliphatic rings. The molecule has 3 N–H and O–H groups in total. The molecule has 6 nitrogen and oxygen atoms in total. The van der Waals surface area contributed by atoms with Gasteiger partial charge < -0.3 is 10.2 Å². The number of benzene rings is 2. The fourth-order valence-corrected chi connectivity index (χ4v) is 4.26. The average Bonchev–Trinajstić information content (AvgIpc) is 2.90. The molecule has 0 radical (unpaired) electrons. The second-order valence-electron chi connectivity index (χ2n) is 6.03. The number of anilines is 1. The van der Waals surface area contributed by atoms with Gasteiger partial charge in [0.15, 0.2) is 0 Å². The largest absolute Gasteiger partial charge is 0.506 e. The quantitative estimate of drug-likeness (QED) is 0.694. The minimum atomic E-state index is -3.56. The number of aliphatic hydroxyl groups is 1. The van der Waals surface area contributed by atoms with Crippen molar-refractivity contribution < 1.29 is 18.6 Å². The van der Waals surface area contributed by atoms with Crippen LogP contribution in [0.5, 0.6) is 5.75 Å². The first-order valence-corrected chi connectivity index (χ1v) is 9.59. The maximum atomic E-state index is 12.0. The van der Waals surface area contributed by atoms with E-state index >= 15 is 0 Å². The molecule has 1 heterocycles. The lowest BCUT2D eigenvalue weighted by Crippen LogP contribution is -2.29. The number of phenols is 1. The van der Waals surface area contributed by atoms with Gasteiger partial charge in [-0.2, -0.15) is 13.1 Å². The molecule has 130 valence electrons. The number of aromatic hydroxyl groups is 1. The molecule has 1 saturated heterocycles. The van der Waals surface area contributed by atoms with E-state index in [0.717, 1.165) is 36.5 Å². The van der Waals surface area contributed by atoms with E-state index < -0.39 is 10.2 Å². The van der Waals surface area contributed by atoms with Crippen LogP contribution in [0.1, 0.15) is 24.8 Å². The lowest BCUT2D eigenvalue weighted by atomic mass is 10.0. The Morgan fingerprint density at radius 2 is 1.92 bits per heavy atom. The third-order valence-electron chi connectivity index (χ3n) is 4.28. The summed E-state index contributed by atoms with van der Waals surface area (Å²) >= 11 is 0. The summed E-state index contributed by atoms with van der Waals surface area (Å²) in [6.07, 6.45) is 3.70. The smallest absolute Gasteiger partial charge is 0.301 e. The summed E-state index contributed by atoms with van der Waals surface area (Å²) < 4.78 is 27.6. The number of phenolic OH excluding ortho intramolecular Hbond substituents is 1. The van der Waals surface area contributed by atoms with Crippen molar-refractivity contribution in [2.75, 3.05) is 24.0 Å². The summed E-state index contributed by atoms with van der Waals surface area (Å²) in [7, 11) is -3.56. The molecule has 1 aliphatic heterocycles. The molecule has 1 fully saturated rings. The lowest BCUT2D eigenvalue weighted by Gasteiger charge is -2.18. The number of hydrogen-bond donors (Lipinski definition) is 3. The van der Waals surface area contributed by atoms with Crippen LogP contribution in [0.25, 0.3) is 10.8 Å². The predicted octanol–water partition coefficient (Wildman–Crippen LogP) is 1.90. The number of hydrogen-bond acceptors (Lipinski definition) is 4. The molecule has 0 atom stereocenters. The molecule has 0 saturated carbocycles. The van der Waals surface area contributed by atoms with Gasteiger partial charge in [0.05, 0.1) is 5.69 Å². The molecule has 24 heavy (non-hydrogen) atoms. The van der Waals surface area contributed by atoms with Crippen LogP contribution >= 0.6 is 0 Å². The van der Waals surface area contributed by atoms with E-state index in [9.17, 15) is 13.5 Å². The van der Waals surface area contributed by atoms with E-state index in [0.29, 0.717) is 18.8 Å². The van der Waals surface area contributed by atoms with Crippen LogP contribution in [0.3, 0.4) is 0 Å². The van der Waals surface area contributed by atoms with E-state index in [1.165, 1.54) is 9.87 Å². The molecule has 0 bridgehead atoms. The van der Waals surface area contributed by atoms with E-state index in [1.54, 1.807) is 12.1 Å². The van der Waals surface area contributed by atoms with Crippen molar-refractivity contribution in [3.8, 4) is 5.75 Å². The van der Waals surface area contributed by atoms with Gasteiger partial charge in [-0.1, -0.05) is 24.6 Å². The van der Waals surface area contributed by atoms with Crippen molar-refractivity contribution in [2.24, 2.45) is 0 Å². The second-order valence-corrected chi connectivity index (χ2v) is 7.71. The fraction of sp³-hybridized carbons (Fsp3) is 0.412. The third kappa shape index (κ3) is 3.48. The van der Waals surface area contributed by atoms with Gasteiger partial charge in [-0.05, 0) is 47.7 Å². The summed E-state index contributed by atoms with van der Waals surface area (Å²) in [4.78, 5) is 0. The SMILES string of the molecule is O=S1(=O)NCCN1c1cc2cc(CCCCCO)ccc2cc1O. The first-order valence-electron chi connectivity index (χ1n) is 8.15. The highest BCUT2D eigenvalue weighted by atomic mass is 32.2. The Labute approximate surface area is 141 Å². The van der Waals surface area contributed by atoms with E-state index in [2.05, 4.69) is 4.72 Å². The Morgan fingerprint density at radius 1 is 1.08 bits per heavy atom.